The van der Waals surface area contributed by atoms with Crippen LogP contribution in [0.2, 0.25) is 0 Å². The summed E-state index contributed by atoms with van der Waals surface area (Å²) in [5, 5.41) is 4.67. The van der Waals surface area contributed by atoms with Gasteiger partial charge in [-0.25, -0.2) is 14.7 Å². The summed E-state index contributed by atoms with van der Waals surface area (Å²) in [7, 11) is 0. The maximum absolute atomic E-state index is 12.5. The average molecular weight is 361 g/mol. The maximum Gasteiger partial charge on any atom is 0.334 e. The summed E-state index contributed by atoms with van der Waals surface area (Å²) in [6.07, 6.45) is 3.56. The van der Waals surface area contributed by atoms with Gasteiger partial charge in [0.2, 0.25) is 0 Å². The molecule has 0 radical (unpaired) electrons. The highest BCUT2D eigenvalue weighted by atomic mass is 32.1. The molecule has 0 N–H and O–H groups in total. The number of thiazole rings is 1. The van der Waals surface area contributed by atoms with Gasteiger partial charge < -0.3 is 0 Å². The minimum Gasteiger partial charge on any atom is -0.263 e. The van der Waals surface area contributed by atoms with Crippen LogP contribution in [0.25, 0.3) is 9.88 Å². The molecule has 4 amide bonds. The summed E-state index contributed by atoms with van der Waals surface area (Å²) in [6.45, 7) is 0.0501. The van der Waals surface area contributed by atoms with Crippen molar-refractivity contribution in [3.63, 3.8) is 0 Å². The highest BCUT2D eigenvalue weighted by molar-refractivity contribution is 7.20. The number of amides is 4. The first-order valence-corrected chi connectivity index (χ1v) is 9.58. The molecule has 2 aromatic heterocycles. The van der Waals surface area contributed by atoms with Crippen LogP contribution >= 0.6 is 22.7 Å². The van der Waals surface area contributed by atoms with Crippen molar-refractivity contribution in [1.82, 2.24) is 14.8 Å². The SMILES string of the molecule is O=C1C(=O)N(C2CCCC2)C(=O)N1Cc1csc(-c2cccs2)n1. The molecule has 0 bridgehead atoms. The Morgan fingerprint density at radius 3 is 2.62 bits per heavy atom. The summed E-state index contributed by atoms with van der Waals surface area (Å²) in [5.74, 6) is -1.43. The van der Waals surface area contributed by atoms with Gasteiger partial charge >= 0.3 is 17.8 Å². The minimum absolute atomic E-state index is 0.0501. The molecule has 0 spiro atoms. The van der Waals surface area contributed by atoms with Crippen LogP contribution in [0.15, 0.2) is 22.9 Å². The second-order valence-electron chi connectivity index (χ2n) is 5.91. The number of rotatable bonds is 4. The molecule has 1 aliphatic heterocycles. The van der Waals surface area contributed by atoms with Crippen LogP contribution in [-0.2, 0) is 16.1 Å². The molecular formula is C16H15N3O3S2. The van der Waals surface area contributed by atoms with Gasteiger partial charge in [-0.2, -0.15) is 0 Å². The Morgan fingerprint density at radius 2 is 1.92 bits per heavy atom. The monoisotopic (exact) mass is 361 g/mol. The van der Waals surface area contributed by atoms with E-state index in [1.807, 2.05) is 22.9 Å². The number of hydrogen-bond acceptors (Lipinski definition) is 6. The molecule has 6 nitrogen and oxygen atoms in total. The highest BCUT2D eigenvalue weighted by Gasteiger charge is 2.48. The smallest absolute Gasteiger partial charge is 0.263 e. The summed E-state index contributed by atoms with van der Waals surface area (Å²) in [6, 6.07) is 3.30. The van der Waals surface area contributed by atoms with E-state index < -0.39 is 17.8 Å². The molecular weight excluding hydrogens is 346 g/mol. The fourth-order valence-corrected chi connectivity index (χ4v) is 4.83. The molecule has 4 rings (SSSR count). The van der Waals surface area contributed by atoms with E-state index >= 15 is 0 Å². The van der Waals surface area contributed by atoms with E-state index in [0.29, 0.717) is 5.69 Å². The zero-order valence-corrected chi connectivity index (χ0v) is 14.4. The third-order valence-corrected chi connectivity index (χ3v) is 6.31. The Hall–Kier alpha value is -2.06. The molecule has 2 aliphatic rings. The number of aromatic nitrogens is 1. The Balaban J connectivity index is 1.53. The summed E-state index contributed by atoms with van der Waals surface area (Å²) < 4.78 is 0. The fraction of sp³-hybridized carbons (Fsp3) is 0.375. The van der Waals surface area contributed by atoms with E-state index in [9.17, 15) is 14.4 Å². The quantitative estimate of drug-likeness (QED) is 0.620. The van der Waals surface area contributed by atoms with Crippen molar-refractivity contribution in [2.75, 3.05) is 0 Å². The van der Waals surface area contributed by atoms with Crippen LogP contribution < -0.4 is 0 Å². The molecule has 2 fully saturated rings. The van der Waals surface area contributed by atoms with Crippen molar-refractivity contribution in [2.24, 2.45) is 0 Å². The Bertz CT molecular complexity index is 793. The lowest BCUT2D eigenvalue weighted by Crippen LogP contribution is -2.39. The van der Waals surface area contributed by atoms with Gasteiger partial charge in [-0.3, -0.25) is 14.5 Å². The van der Waals surface area contributed by atoms with Gasteiger partial charge in [0.05, 0.1) is 17.1 Å². The van der Waals surface area contributed by atoms with E-state index in [1.165, 1.54) is 11.3 Å². The van der Waals surface area contributed by atoms with Crippen LogP contribution in [0.1, 0.15) is 31.4 Å². The van der Waals surface area contributed by atoms with E-state index in [1.54, 1.807) is 11.3 Å². The van der Waals surface area contributed by atoms with Crippen LogP contribution in [0.5, 0.6) is 0 Å². The zero-order chi connectivity index (χ0) is 16.7. The molecule has 1 saturated heterocycles. The third kappa shape index (κ3) is 2.55. The summed E-state index contributed by atoms with van der Waals surface area (Å²) >= 11 is 3.06. The summed E-state index contributed by atoms with van der Waals surface area (Å²) in [4.78, 5) is 44.7. The van der Waals surface area contributed by atoms with Gasteiger partial charge in [-0.05, 0) is 24.3 Å². The molecule has 1 saturated carbocycles. The number of thiophene rings is 1. The predicted octanol–water partition coefficient (Wildman–Crippen LogP) is 3.11. The van der Waals surface area contributed by atoms with Crippen molar-refractivity contribution in [1.29, 1.82) is 0 Å². The normalized spacial score (nSPS) is 19.1. The number of imide groups is 2. The Morgan fingerprint density at radius 1 is 1.12 bits per heavy atom. The van der Waals surface area contributed by atoms with Gasteiger partial charge in [0.1, 0.15) is 5.01 Å². The number of nitrogens with zero attached hydrogens (tertiary/aromatic N) is 3. The van der Waals surface area contributed by atoms with Crippen molar-refractivity contribution < 1.29 is 14.4 Å². The summed E-state index contributed by atoms with van der Waals surface area (Å²) in [5.41, 5.74) is 0.631. The van der Waals surface area contributed by atoms with Crippen LogP contribution in [0, 0.1) is 0 Å². The molecule has 8 heteroatoms. The van der Waals surface area contributed by atoms with E-state index in [0.717, 1.165) is 45.4 Å². The Labute approximate surface area is 146 Å². The molecule has 0 aromatic carbocycles. The fourth-order valence-electron chi connectivity index (χ4n) is 3.20. The van der Waals surface area contributed by atoms with Crippen LogP contribution in [0.4, 0.5) is 4.79 Å². The van der Waals surface area contributed by atoms with E-state index in [-0.39, 0.29) is 12.6 Å². The standard InChI is InChI=1S/C16H15N3O3S2/c20-14-15(21)19(11-4-1-2-5-11)16(22)18(14)8-10-9-24-13(17-10)12-6-3-7-23-12/h3,6-7,9,11H,1-2,4-5,8H2. The van der Waals surface area contributed by atoms with Gasteiger partial charge in [0.15, 0.2) is 0 Å². The first-order chi connectivity index (χ1) is 11.6. The van der Waals surface area contributed by atoms with E-state index in [2.05, 4.69) is 4.98 Å². The maximum atomic E-state index is 12.5. The number of hydrogen-bond donors (Lipinski definition) is 0. The van der Waals surface area contributed by atoms with Gasteiger partial charge in [0, 0.05) is 11.4 Å². The first-order valence-electron chi connectivity index (χ1n) is 7.82. The van der Waals surface area contributed by atoms with Gasteiger partial charge in [-0.15, -0.1) is 22.7 Å². The van der Waals surface area contributed by atoms with Gasteiger partial charge in [-0.1, -0.05) is 18.9 Å². The van der Waals surface area contributed by atoms with E-state index in [4.69, 9.17) is 0 Å². The topological polar surface area (TPSA) is 70.6 Å². The lowest BCUT2D eigenvalue weighted by Gasteiger charge is -2.20. The molecule has 24 heavy (non-hydrogen) atoms. The molecule has 0 atom stereocenters. The molecule has 124 valence electrons. The van der Waals surface area contributed by atoms with Crippen LogP contribution in [-0.4, -0.2) is 38.7 Å². The predicted molar refractivity (Wildman–Crippen MR) is 90.5 cm³/mol. The van der Waals surface area contributed by atoms with Crippen molar-refractivity contribution in [3.8, 4) is 9.88 Å². The molecule has 0 unspecified atom stereocenters. The van der Waals surface area contributed by atoms with Crippen molar-refractivity contribution >= 4 is 40.5 Å². The average Bonchev–Trinajstić information content (AvgIpc) is 3.33. The van der Waals surface area contributed by atoms with Crippen molar-refractivity contribution in [2.45, 2.75) is 38.3 Å². The lowest BCUT2D eigenvalue weighted by atomic mass is 10.2. The number of carbonyl (C=O) groups excluding carboxylic acids is 3. The second-order valence-corrected chi connectivity index (χ2v) is 7.71. The largest absolute Gasteiger partial charge is 0.334 e. The second kappa shape index (κ2) is 6.10. The Kier molecular flexibility index (Phi) is 3.93. The zero-order valence-electron chi connectivity index (χ0n) is 12.8. The van der Waals surface area contributed by atoms with Gasteiger partial charge in [0.25, 0.3) is 0 Å². The number of urea groups is 1. The molecule has 3 heterocycles. The molecule has 1 aliphatic carbocycles. The van der Waals surface area contributed by atoms with Crippen LogP contribution in [0.3, 0.4) is 0 Å². The third-order valence-electron chi connectivity index (χ3n) is 4.38. The first kappa shape index (κ1) is 15.5. The lowest BCUT2D eigenvalue weighted by molar-refractivity contribution is -0.144. The molecule has 2 aromatic rings. The highest BCUT2D eigenvalue weighted by Crippen LogP contribution is 2.30. The number of carbonyl (C=O) groups is 3. The minimum atomic E-state index is -0.738. The van der Waals surface area contributed by atoms with Crippen molar-refractivity contribution in [3.05, 3.63) is 28.6 Å².